The number of aliphatic carboxylic acids is 1. The van der Waals surface area contributed by atoms with Gasteiger partial charge in [0.25, 0.3) is 0 Å². The zero-order valence-corrected chi connectivity index (χ0v) is 17.9. The first-order valence-corrected chi connectivity index (χ1v) is 10.8. The van der Waals surface area contributed by atoms with Gasteiger partial charge in [-0.25, -0.2) is 13.8 Å². The number of carboxylic acids is 1. The summed E-state index contributed by atoms with van der Waals surface area (Å²) in [5.74, 6) is -1.08. The van der Waals surface area contributed by atoms with E-state index in [0.717, 1.165) is 54.8 Å². The van der Waals surface area contributed by atoms with Crippen LogP contribution in [0.4, 0.5) is 14.6 Å². The molecule has 1 atom stereocenters. The van der Waals surface area contributed by atoms with Crippen LogP contribution in [0.1, 0.15) is 48.2 Å². The zero-order valence-electron chi connectivity index (χ0n) is 17.9. The molecular weight excluding hydrogens is 434 g/mol. The van der Waals surface area contributed by atoms with Crippen LogP contribution in [-0.4, -0.2) is 39.4 Å². The minimum atomic E-state index is -1.09. The van der Waals surface area contributed by atoms with Crippen LogP contribution >= 0.6 is 0 Å². The number of fused-ring (bicyclic) bond motifs is 1. The van der Waals surface area contributed by atoms with Gasteiger partial charge in [-0.1, -0.05) is 5.16 Å². The first kappa shape index (κ1) is 22.6. The number of carboxylic acid groups (broad SMARTS) is 1. The van der Waals surface area contributed by atoms with E-state index in [0.29, 0.717) is 25.3 Å². The topological polar surface area (TPSA) is 110 Å². The van der Waals surface area contributed by atoms with Crippen molar-refractivity contribution >= 4 is 11.8 Å². The van der Waals surface area contributed by atoms with Crippen LogP contribution in [-0.2, 0) is 24.1 Å². The molecule has 2 aromatic heterocycles. The van der Waals surface area contributed by atoms with E-state index >= 15 is 0 Å². The molecule has 0 saturated carbocycles. The summed E-state index contributed by atoms with van der Waals surface area (Å²) in [6, 6.07) is 6.85. The molecule has 1 aliphatic rings. The number of halogens is 2. The van der Waals surface area contributed by atoms with Gasteiger partial charge in [-0.2, -0.15) is 4.98 Å². The first-order chi connectivity index (χ1) is 16.0. The van der Waals surface area contributed by atoms with Crippen LogP contribution < -0.4 is 10.1 Å². The van der Waals surface area contributed by atoms with Gasteiger partial charge in [-0.15, -0.1) is 0 Å². The maximum Gasteiger partial charge on any atom is 0.303 e. The SMILES string of the molecule is O=C(O)CC(Cc1nc(CCCc2ccc3c(n2)NCCCO3)no1)c1cc(F)cc(F)c1. The number of aryl methyl sites for hydroxylation is 2. The predicted molar refractivity (Wildman–Crippen MR) is 114 cm³/mol. The van der Waals surface area contributed by atoms with Crippen LogP contribution in [0.5, 0.6) is 5.75 Å². The summed E-state index contributed by atoms with van der Waals surface area (Å²) in [6.45, 7) is 1.49. The highest BCUT2D eigenvalue weighted by Gasteiger charge is 2.21. The Hall–Kier alpha value is -3.56. The number of rotatable bonds is 9. The fraction of sp³-hybridized carbons (Fsp3) is 0.391. The first-order valence-electron chi connectivity index (χ1n) is 10.8. The number of benzene rings is 1. The van der Waals surface area contributed by atoms with E-state index in [9.17, 15) is 18.7 Å². The van der Waals surface area contributed by atoms with Crippen molar-refractivity contribution in [2.75, 3.05) is 18.5 Å². The highest BCUT2D eigenvalue weighted by molar-refractivity contribution is 5.68. The van der Waals surface area contributed by atoms with Gasteiger partial charge in [0.15, 0.2) is 17.4 Å². The van der Waals surface area contributed by atoms with E-state index in [1.807, 2.05) is 12.1 Å². The van der Waals surface area contributed by atoms with Crippen molar-refractivity contribution in [2.24, 2.45) is 0 Å². The molecule has 0 bridgehead atoms. The molecule has 1 unspecified atom stereocenters. The van der Waals surface area contributed by atoms with E-state index in [1.54, 1.807) is 0 Å². The fourth-order valence-corrected chi connectivity index (χ4v) is 3.77. The van der Waals surface area contributed by atoms with Gasteiger partial charge in [-0.3, -0.25) is 4.79 Å². The monoisotopic (exact) mass is 458 g/mol. The zero-order chi connectivity index (χ0) is 23.2. The minimum absolute atomic E-state index is 0.0697. The Labute approximate surface area is 189 Å². The van der Waals surface area contributed by atoms with Crippen molar-refractivity contribution in [2.45, 2.75) is 44.4 Å². The van der Waals surface area contributed by atoms with Gasteiger partial charge in [0.2, 0.25) is 5.89 Å². The van der Waals surface area contributed by atoms with Crippen LogP contribution in [0.15, 0.2) is 34.9 Å². The largest absolute Gasteiger partial charge is 0.490 e. The highest BCUT2D eigenvalue weighted by atomic mass is 19.1. The van der Waals surface area contributed by atoms with E-state index in [1.165, 1.54) is 0 Å². The van der Waals surface area contributed by atoms with Crippen molar-refractivity contribution in [3.8, 4) is 5.75 Å². The number of hydrogen-bond acceptors (Lipinski definition) is 7. The Bertz CT molecular complexity index is 1100. The number of nitrogens with zero attached hydrogens (tertiary/aromatic N) is 3. The molecule has 1 aliphatic heterocycles. The van der Waals surface area contributed by atoms with E-state index in [4.69, 9.17) is 9.26 Å². The molecule has 0 spiro atoms. The fourth-order valence-electron chi connectivity index (χ4n) is 3.77. The number of nitrogens with one attached hydrogen (secondary N) is 1. The maximum atomic E-state index is 13.6. The van der Waals surface area contributed by atoms with E-state index in [2.05, 4.69) is 20.4 Å². The third-order valence-corrected chi connectivity index (χ3v) is 5.33. The lowest BCUT2D eigenvalue weighted by Crippen LogP contribution is -2.10. The summed E-state index contributed by atoms with van der Waals surface area (Å²) in [7, 11) is 0. The highest BCUT2D eigenvalue weighted by Crippen LogP contribution is 2.27. The lowest BCUT2D eigenvalue weighted by atomic mass is 9.92. The summed E-state index contributed by atoms with van der Waals surface area (Å²) in [5, 5.41) is 16.4. The third kappa shape index (κ3) is 6.24. The smallest absolute Gasteiger partial charge is 0.303 e. The summed E-state index contributed by atoms with van der Waals surface area (Å²) in [5.41, 5.74) is 1.16. The third-order valence-electron chi connectivity index (χ3n) is 5.33. The Morgan fingerprint density at radius 3 is 2.76 bits per heavy atom. The number of anilines is 1. The maximum absolute atomic E-state index is 13.6. The van der Waals surface area contributed by atoms with E-state index in [-0.39, 0.29) is 24.3 Å². The second-order valence-corrected chi connectivity index (χ2v) is 7.94. The molecule has 2 N–H and O–H groups in total. The van der Waals surface area contributed by atoms with Crippen LogP contribution in [0.2, 0.25) is 0 Å². The van der Waals surface area contributed by atoms with E-state index < -0.39 is 23.5 Å². The second kappa shape index (κ2) is 10.4. The van der Waals surface area contributed by atoms with Gasteiger partial charge < -0.3 is 19.7 Å². The number of ether oxygens (including phenoxy) is 1. The average molecular weight is 458 g/mol. The molecular formula is C23H24F2N4O4. The van der Waals surface area contributed by atoms with Crippen LogP contribution in [0.25, 0.3) is 0 Å². The summed E-state index contributed by atoms with van der Waals surface area (Å²) < 4.78 is 38.1. The van der Waals surface area contributed by atoms with Crippen LogP contribution in [0, 0.1) is 11.6 Å². The molecule has 4 rings (SSSR count). The molecule has 8 nitrogen and oxygen atoms in total. The summed E-state index contributed by atoms with van der Waals surface area (Å²) in [4.78, 5) is 20.2. The minimum Gasteiger partial charge on any atom is -0.490 e. The molecule has 0 fully saturated rings. The molecule has 174 valence electrons. The number of aromatic nitrogens is 3. The lowest BCUT2D eigenvalue weighted by Gasteiger charge is -2.13. The van der Waals surface area contributed by atoms with Crippen molar-refractivity contribution < 1.29 is 27.9 Å². The molecule has 10 heteroatoms. The Morgan fingerprint density at radius 1 is 1.15 bits per heavy atom. The number of carbonyl (C=O) groups is 1. The Morgan fingerprint density at radius 2 is 1.97 bits per heavy atom. The number of pyridine rings is 1. The van der Waals surface area contributed by atoms with Gasteiger partial charge in [0.1, 0.15) is 11.6 Å². The van der Waals surface area contributed by atoms with Crippen molar-refractivity contribution in [3.63, 3.8) is 0 Å². The number of hydrogen-bond donors (Lipinski definition) is 2. The average Bonchev–Trinajstić information content (AvgIpc) is 3.07. The molecule has 3 heterocycles. The normalized spacial score (nSPS) is 14.0. The Kier molecular flexibility index (Phi) is 7.11. The van der Waals surface area contributed by atoms with Crippen LogP contribution in [0.3, 0.4) is 0 Å². The van der Waals surface area contributed by atoms with Gasteiger partial charge in [0, 0.05) is 37.1 Å². The standard InChI is InChI=1S/C23H24F2N4O4/c24-16-9-14(10-17(25)13-16)15(12-22(30)31)11-21-28-20(29-33-21)4-1-3-18-5-6-19-23(27-18)26-7-2-8-32-19/h5-6,9-10,13,15H,1-4,7-8,11-12H2,(H,26,27)(H,30,31). The van der Waals surface area contributed by atoms with Crippen molar-refractivity contribution in [1.29, 1.82) is 0 Å². The molecule has 33 heavy (non-hydrogen) atoms. The van der Waals surface area contributed by atoms with Gasteiger partial charge >= 0.3 is 5.97 Å². The summed E-state index contributed by atoms with van der Waals surface area (Å²) >= 11 is 0. The van der Waals surface area contributed by atoms with Gasteiger partial charge in [0.05, 0.1) is 13.0 Å². The van der Waals surface area contributed by atoms with Crippen molar-refractivity contribution in [1.82, 2.24) is 15.1 Å². The quantitative estimate of drug-likeness (QED) is 0.497. The molecule has 0 aliphatic carbocycles. The molecule has 3 aromatic rings. The molecule has 0 amide bonds. The molecule has 1 aromatic carbocycles. The lowest BCUT2D eigenvalue weighted by molar-refractivity contribution is -0.137. The second-order valence-electron chi connectivity index (χ2n) is 7.94. The van der Waals surface area contributed by atoms with Crippen molar-refractivity contribution in [3.05, 3.63) is 64.9 Å². The molecule has 0 radical (unpaired) electrons. The van der Waals surface area contributed by atoms with Gasteiger partial charge in [-0.05, 0) is 49.1 Å². The predicted octanol–water partition coefficient (Wildman–Crippen LogP) is 3.91. The molecule has 0 saturated heterocycles. The summed E-state index contributed by atoms with van der Waals surface area (Å²) in [6.07, 6.45) is 2.67. The Balaban J connectivity index is 1.36.